The number of ether oxygens (including phenoxy) is 1. The third kappa shape index (κ3) is 3.26. The summed E-state index contributed by atoms with van der Waals surface area (Å²) in [6, 6.07) is 2.28. The van der Waals surface area contributed by atoms with Crippen LogP contribution in [0.2, 0.25) is 0 Å². The molecule has 0 bridgehead atoms. The average Bonchev–Trinajstić information content (AvgIpc) is 2.99. The van der Waals surface area contributed by atoms with Crippen LogP contribution < -0.4 is 5.32 Å². The normalized spacial score (nSPS) is 17.9. The van der Waals surface area contributed by atoms with Crippen molar-refractivity contribution in [2.45, 2.75) is 39.5 Å². The number of hydrogen-bond acceptors (Lipinski definition) is 5. The molecule has 1 atom stereocenters. The van der Waals surface area contributed by atoms with Crippen LogP contribution >= 0.6 is 0 Å². The van der Waals surface area contributed by atoms with Gasteiger partial charge in [0, 0.05) is 19.8 Å². The van der Waals surface area contributed by atoms with Crippen molar-refractivity contribution in [3.05, 3.63) is 16.8 Å². The van der Waals surface area contributed by atoms with Crippen LogP contribution in [0.25, 0.3) is 0 Å². The second-order valence-electron chi connectivity index (χ2n) is 5.11. The van der Waals surface area contributed by atoms with Gasteiger partial charge in [-0.25, -0.2) is 0 Å². The molecule has 0 spiro atoms. The Morgan fingerprint density at radius 3 is 2.80 bits per heavy atom. The molecule has 1 unspecified atom stereocenters. The molecular weight excluding hydrogens is 252 g/mol. The van der Waals surface area contributed by atoms with Gasteiger partial charge >= 0.3 is 0 Å². The number of rotatable bonds is 6. The molecule has 0 aliphatic carbocycles. The minimum atomic E-state index is 0.625. The largest absolute Gasteiger partial charge is 0.381 e. The van der Waals surface area contributed by atoms with Crippen molar-refractivity contribution < 1.29 is 4.74 Å². The Balaban J connectivity index is 2.05. The molecular formula is C15H22N4O. The van der Waals surface area contributed by atoms with Crippen molar-refractivity contribution in [2.75, 3.05) is 25.1 Å². The summed E-state index contributed by atoms with van der Waals surface area (Å²) in [5, 5.41) is 21.1. The van der Waals surface area contributed by atoms with Gasteiger partial charge in [0.2, 0.25) is 0 Å². The SMILES string of the molecule is CCc1nnc(NCCC2CCOC2)c(C#N)c1CC. The van der Waals surface area contributed by atoms with Crippen molar-refractivity contribution in [3.63, 3.8) is 0 Å². The Morgan fingerprint density at radius 2 is 2.20 bits per heavy atom. The second-order valence-corrected chi connectivity index (χ2v) is 5.11. The summed E-state index contributed by atoms with van der Waals surface area (Å²) in [6.07, 6.45) is 3.80. The smallest absolute Gasteiger partial charge is 0.166 e. The van der Waals surface area contributed by atoms with Crippen molar-refractivity contribution in [1.29, 1.82) is 5.26 Å². The lowest BCUT2D eigenvalue weighted by atomic mass is 10.0. The van der Waals surface area contributed by atoms with E-state index in [-0.39, 0.29) is 0 Å². The van der Waals surface area contributed by atoms with E-state index < -0.39 is 0 Å². The number of nitriles is 1. The van der Waals surface area contributed by atoms with Crippen molar-refractivity contribution in [2.24, 2.45) is 5.92 Å². The lowest BCUT2D eigenvalue weighted by Crippen LogP contribution is -2.13. The van der Waals surface area contributed by atoms with Gasteiger partial charge in [-0.15, -0.1) is 5.10 Å². The third-order valence-electron chi connectivity index (χ3n) is 3.83. The van der Waals surface area contributed by atoms with Gasteiger partial charge in [-0.1, -0.05) is 13.8 Å². The van der Waals surface area contributed by atoms with E-state index in [0.717, 1.165) is 56.7 Å². The Morgan fingerprint density at radius 1 is 1.35 bits per heavy atom. The first-order valence-corrected chi connectivity index (χ1v) is 7.40. The molecule has 2 rings (SSSR count). The van der Waals surface area contributed by atoms with Crippen LogP contribution in [0.3, 0.4) is 0 Å². The lowest BCUT2D eigenvalue weighted by molar-refractivity contribution is 0.185. The Bertz CT molecular complexity index is 489. The van der Waals surface area contributed by atoms with Crippen molar-refractivity contribution >= 4 is 5.82 Å². The molecule has 0 saturated carbocycles. The first-order valence-electron chi connectivity index (χ1n) is 7.40. The Kier molecular flexibility index (Phi) is 5.31. The quantitative estimate of drug-likeness (QED) is 0.862. The fourth-order valence-corrected chi connectivity index (χ4v) is 2.62. The van der Waals surface area contributed by atoms with Gasteiger partial charge in [0.15, 0.2) is 5.82 Å². The third-order valence-corrected chi connectivity index (χ3v) is 3.83. The molecule has 20 heavy (non-hydrogen) atoms. The van der Waals surface area contributed by atoms with Gasteiger partial charge in [-0.05, 0) is 37.2 Å². The summed E-state index contributed by atoms with van der Waals surface area (Å²) in [6.45, 7) is 6.63. The molecule has 1 aromatic heterocycles. The van der Waals surface area contributed by atoms with Gasteiger partial charge in [-0.3, -0.25) is 0 Å². The summed E-state index contributed by atoms with van der Waals surface area (Å²) in [5.41, 5.74) is 2.61. The minimum Gasteiger partial charge on any atom is -0.381 e. The maximum atomic E-state index is 9.38. The zero-order chi connectivity index (χ0) is 14.4. The summed E-state index contributed by atoms with van der Waals surface area (Å²) in [7, 11) is 0. The van der Waals surface area contributed by atoms with E-state index in [4.69, 9.17) is 4.74 Å². The number of aryl methyl sites for hydroxylation is 1. The van der Waals surface area contributed by atoms with Crippen LogP contribution in [-0.4, -0.2) is 30.0 Å². The molecule has 5 heteroatoms. The highest BCUT2D eigenvalue weighted by atomic mass is 16.5. The van der Waals surface area contributed by atoms with Gasteiger partial charge in [0.1, 0.15) is 11.6 Å². The van der Waals surface area contributed by atoms with Crippen LogP contribution in [0, 0.1) is 17.2 Å². The molecule has 1 fully saturated rings. The molecule has 108 valence electrons. The van der Waals surface area contributed by atoms with Crippen LogP contribution in [0.1, 0.15) is 43.5 Å². The predicted molar refractivity (Wildman–Crippen MR) is 77.5 cm³/mol. The highest BCUT2D eigenvalue weighted by Gasteiger charge is 2.17. The van der Waals surface area contributed by atoms with E-state index in [9.17, 15) is 5.26 Å². The zero-order valence-electron chi connectivity index (χ0n) is 12.3. The summed E-state index contributed by atoms with van der Waals surface area (Å²) in [4.78, 5) is 0. The number of hydrogen-bond donors (Lipinski definition) is 1. The minimum absolute atomic E-state index is 0.625. The zero-order valence-corrected chi connectivity index (χ0v) is 12.3. The van der Waals surface area contributed by atoms with E-state index in [1.165, 1.54) is 0 Å². The predicted octanol–water partition coefficient (Wildman–Crippen LogP) is 2.31. The van der Waals surface area contributed by atoms with Gasteiger partial charge in [-0.2, -0.15) is 10.4 Å². The summed E-state index contributed by atoms with van der Waals surface area (Å²) < 4.78 is 5.36. The molecule has 1 saturated heterocycles. The fourth-order valence-electron chi connectivity index (χ4n) is 2.62. The van der Waals surface area contributed by atoms with Crippen molar-refractivity contribution in [3.8, 4) is 6.07 Å². The molecule has 1 aliphatic rings. The maximum absolute atomic E-state index is 9.38. The molecule has 1 aromatic rings. The number of nitrogens with one attached hydrogen (secondary N) is 1. The van der Waals surface area contributed by atoms with Crippen molar-refractivity contribution in [1.82, 2.24) is 10.2 Å². The molecule has 5 nitrogen and oxygen atoms in total. The highest BCUT2D eigenvalue weighted by molar-refractivity contribution is 5.56. The lowest BCUT2D eigenvalue weighted by Gasteiger charge is -2.13. The van der Waals surface area contributed by atoms with E-state index in [1.54, 1.807) is 0 Å². The van der Waals surface area contributed by atoms with E-state index in [1.807, 2.05) is 6.92 Å². The van der Waals surface area contributed by atoms with Crippen LogP contribution in [0.5, 0.6) is 0 Å². The number of nitrogens with zero attached hydrogens (tertiary/aromatic N) is 3. The maximum Gasteiger partial charge on any atom is 0.166 e. The summed E-state index contributed by atoms with van der Waals surface area (Å²) >= 11 is 0. The highest BCUT2D eigenvalue weighted by Crippen LogP contribution is 2.21. The van der Waals surface area contributed by atoms with Crippen LogP contribution in [0.15, 0.2) is 0 Å². The molecule has 2 heterocycles. The first-order chi connectivity index (χ1) is 9.80. The summed E-state index contributed by atoms with van der Waals surface area (Å²) in [5.74, 6) is 1.25. The van der Waals surface area contributed by atoms with E-state index in [2.05, 4.69) is 28.5 Å². The fraction of sp³-hybridized carbons (Fsp3) is 0.667. The van der Waals surface area contributed by atoms with Gasteiger partial charge < -0.3 is 10.1 Å². The first kappa shape index (κ1) is 14.7. The number of aromatic nitrogens is 2. The monoisotopic (exact) mass is 274 g/mol. The van der Waals surface area contributed by atoms with Crippen LogP contribution in [0.4, 0.5) is 5.82 Å². The second kappa shape index (κ2) is 7.20. The van der Waals surface area contributed by atoms with Gasteiger partial charge in [0.05, 0.1) is 5.69 Å². The van der Waals surface area contributed by atoms with E-state index in [0.29, 0.717) is 17.3 Å². The average molecular weight is 274 g/mol. The molecule has 0 amide bonds. The molecule has 1 N–H and O–H groups in total. The van der Waals surface area contributed by atoms with Gasteiger partial charge in [0.25, 0.3) is 0 Å². The Labute approximate surface area is 120 Å². The standard InChI is InChI=1S/C15H22N4O/c1-3-12-13(9-16)15(19-18-14(12)4-2)17-7-5-11-6-8-20-10-11/h11H,3-8,10H2,1-2H3,(H,17,19). The molecule has 0 aromatic carbocycles. The number of anilines is 1. The molecule has 0 radical (unpaired) electrons. The van der Waals surface area contributed by atoms with E-state index >= 15 is 0 Å². The molecule has 1 aliphatic heterocycles. The van der Waals surface area contributed by atoms with Crippen LogP contribution in [-0.2, 0) is 17.6 Å². The Hall–Kier alpha value is -1.67. The topological polar surface area (TPSA) is 70.8 Å².